The highest BCUT2D eigenvalue weighted by atomic mass is 35.5. The van der Waals surface area contributed by atoms with Gasteiger partial charge in [-0.3, -0.25) is 9.59 Å². The number of halogens is 1. The molecule has 2 amide bonds. The molecule has 2 saturated heterocycles. The molecule has 1 aromatic rings. The fourth-order valence-corrected chi connectivity index (χ4v) is 4.03. The second kappa shape index (κ2) is 7.55. The van der Waals surface area contributed by atoms with E-state index in [1.807, 2.05) is 23.1 Å². The number of likely N-dealkylation sites (tertiary alicyclic amines) is 1. The monoisotopic (exact) mass is 379 g/mol. The standard InChI is InChI=1S/C19H25N3O3.ClH/c20-19(6-8-25-9-7-19)18(24)21-14-10-17(23)22(12-14)16-11-15(16)13-4-2-1-3-5-13;/h1-5,14-16H,6-12,20H2,(H,21,24);1H. The lowest BCUT2D eigenvalue weighted by Crippen LogP contribution is -2.59. The maximum atomic E-state index is 12.5. The van der Waals surface area contributed by atoms with Crippen LogP contribution in [0.15, 0.2) is 30.3 Å². The van der Waals surface area contributed by atoms with Gasteiger partial charge in [0.1, 0.15) is 0 Å². The number of hydrogen-bond acceptors (Lipinski definition) is 4. The molecule has 3 aliphatic rings. The summed E-state index contributed by atoms with van der Waals surface area (Å²) in [5.41, 5.74) is 6.66. The van der Waals surface area contributed by atoms with Crippen LogP contribution in [-0.4, -0.2) is 54.1 Å². The van der Waals surface area contributed by atoms with Gasteiger partial charge in [0.25, 0.3) is 0 Å². The van der Waals surface area contributed by atoms with Gasteiger partial charge in [-0.25, -0.2) is 0 Å². The van der Waals surface area contributed by atoms with Crippen LogP contribution < -0.4 is 11.1 Å². The van der Waals surface area contributed by atoms with Crippen molar-refractivity contribution in [3.8, 4) is 0 Å². The van der Waals surface area contributed by atoms with Crippen molar-refractivity contribution in [2.24, 2.45) is 5.73 Å². The van der Waals surface area contributed by atoms with Crippen LogP contribution in [0.3, 0.4) is 0 Å². The number of nitrogens with zero attached hydrogens (tertiary/aromatic N) is 1. The molecule has 142 valence electrons. The second-order valence-corrected chi connectivity index (χ2v) is 7.51. The summed E-state index contributed by atoms with van der Waals surface area (Å²) in [5, 5.41) is 3.00. The largest absolute Gasteiger partial charge is 0.381 e. The molecule has 26 heavy (non-hydrogen) atoms. The van der Waals surface area contributed by atoms with E-state index in [1.54, 1.807) is 0 Å². The van der Waals surface area contributed by atoms with Crippen LogP contribution in [0.2, 0.25) is 0 Å². The van der Waals surface area contributed by atoms with Gasteiger partial charge in [0.05, 0.1) is 11.6 Å². The normalized spacial score (nSPS) is 29.8. The number of carbonyl (C=O) groups is 2. The molecule has 1 aliphatic carbocycles. The zero-order valence-electron chi connectivity index (χ0n) is 14.7. The minimum absolute atomic E-state index is 0. The Labute approximate surface area is 159 Å². The Bertz CT molecular complexity index is 663. The van der Waals surface area contributed by atoms with Crippen molar-refractivity contribution in [2.45, 2.75) is 49.2 Å². The molecule has 1 saturated carbocycles. The zero-order valence-corrected chi connectivity index (χ0v) is 15.5. The Morgan fingerprint density at radius 1 is 1.23 bits per heavy atom. The molecule has 3 fully saturated rings. The lowest BCUT2D eigenvalue weighted by Gasteiger charge is -2.32. The van der Waals surface area contributed by atoms with Crippen LogP contribution in [0.5, 0.6) is 0 Å². The summed E-state index contributed by atoms with van der Waals surface area (Å²) in [6.45, 7) is 1.62. The van der Waals surface area contributed by atoms with E-state index in [9.17, 15) is 9.59 Å². The highest BCUT2D eigenvalue weighted by molar-refractivity contribution is 5.88. The Morgan fingerprint density at radius 2 is 1.92 bits per heavy atom. The fraction of sp³-hybridized carbons (Fsp3) is 0.579. The smallest absolute Gasteiger partial charge is 0.240 e. The summed E-state index contributed by atoms with van der Waals surface area (Å²) in [6.07, 6.45) is 2.44. The van der Waals surface area contributed by atoms with E-state index in [0.717, 1.165) is 6.42 Å². The molecular formula is C19H26ClN3O3. The molecule has 4 rings (SSSR count). The van der Waals surface area contributed by atoms with Crippen molar-refractivity contribution in [2.75, 3.05) is 19.8 Å². The summed E-state index contributed by atoms with van der Waals surface area (Å²) >= 11 is 0. The highest BCUT2D eigenvalue weighted by Gasteiger charge is 2.48. The van der Waals surface area contributed by atoms with Crippen LogP contribution in [0, 0.1) is 0 Å². The first-order valence-electron chi connectivity index (χ1n) is 9.09. The van der Waals surface area contributed by atoms with E-state index in [4.69, 9.17) is 10.5 Å². The van der Waals surface area contributed by atoms with E-state index < -0.39 is 5.54 Å². The molecule has 0 aromatic heterocycles. The number of hydrogen-bond donors (Lipinski definition) is 2. The van der Waals surface area contributed by atoms with Gasteiger partial charge < -0.3 is 20.7 Å². The third kappa shape index (κ3) is 3.72. The molecule has 6 nitrogen and oxygen atoms in total. The lowest BCUT2D eigenvalue weighted by molar-refractivity contribution is -0.130. The Hall–Kier alpha value is -1.63. The van der Waals surface area contributed by atoms with Gasteiger partial charge in [-0.1, -0.05) is 30.3 Å². The maximum absolute atomic E-state index is 12.5. The minimum Gasteiger partial charge on any atom is -0.381 e. The minimum atomic E-state index is -0.860. The van der Waals surface area contributed by atoms with Crippen molar-refractivity contribution < 1.29 is 14.3 Å². The van der Waals surface area contributed by atoms with Crippen LogP contribution in [0.25, 0.3) is 0 Å². The molecule has 3 atom stereocenters. The Morgan fingerprint density at radius 3 is 2.62 bits per heavy atom. The molecule has 2 heterocycles. The zero-order chi connectivity index (χ0) is 17.4. The first kappa shape index (κ1) is 19.1. The van der Waals surface area contributed by atoms with Gasteiger partial charge in [-0.2, -0.15) is 0 Å². The fourth-order valence-electron chi connectivity index (χ4n) is 4.03. The van der Waals surface area contributed by atoms with Gasteiger partial charge in [-0.15, -0.1) is 12.4 Å². The first-order valence-corrected chi connectivity index (χ1v) is 9.09. The molecule has 3 N–H and O–H groups in total. The average Bonchev–Trinajstić information content (AvgIpc) is 3.33. The quantitative estimate of drug-likeness (QED) is 0.823. The summed E-state index contributed by atoms with van der Waals surface area (Å²) in [5.74, 6) is 0.411. The molecule has 0 bridgehead atoms. The number of carbonyl (C=O) groups excluding carboxylic acids is 2. The van der Waals surface area contributed by atoms with Crippen molar-refractivity contribution in [1.29, 1.82) is 0 Å². The van der Waals surface area contributed by atoms with Crippen LogP contribution in [0.1, 0.15) is 37.2 Å². The maximum Gasteiger partial charge on any atom is 0.240 e. The predicted octanol–water partition coefficient (Wildman–Crippen LogP) is 1.19. The van der Waals surface area contributed by atoms with Gasteiger partial charge in [-0.05, 0) is 24.8 Å². The number of nitrogens with one attached hydrogen (secondary N) is 1. The van der Waals surface area contributed by atoms with Crippen LogP contribution in [-0.2, 0) is 14.3 Å². The van der Waals surface area contributed by atoms with Crippen LogP contribution >= 0.6 is 12.4 Å². The highest BCUT2D eigenvalue weighted by Crippen LogP contribution is 2.45. The summed E-state index contributed by atoms with van der Waals surface area (Å²) in [4.78, 5) is 26.9. The second-order valence-electron chi connectivity index (χ2n) is 7.51. The molecule has 3 unspecified atom stereocenters. The van der Waals surface area contributed by atoms with Crippen molar-refractivity contribution in [1.82, 2.24) is 10.2 Å². The number of ether oxygens (including phenoxy) is 1. The SMILES string of the molecule is Cl.NC1(C(=O)NC2CC(=O)N(C3CC3c3ccccc3)C2)CCOCC1. The van der Waals surface area contributed by atoms with Gasteiger partial charge >= 0.3 is 0 Å². The Kier molecular flexibility index (Phi) is 5.55. The summed E-state index contributed by atoms with van der Waals surface area (Å²) < 4.78 is 5.29. The average molecular weight is 380 g/mol. The van der Waals surface area contributed by atoms with Gasteiger partial charge in [0, 0.05) is 38.1 Å². The molecule has 1 aromatic carbocycles. The van der Waals surface area contributed by atoms with Gasteiger partial charge in [0.15, 0.2) is 0 Å². The van der Waals surface area contributed by atoms with Gasteiger partial charge in [0.2, 0.25) is 11.8 Å². The number of rotatable bonds is 4. The summed E-state index contributed by atoms with van der Waals surface area (Å²) in [7, 11) is 0. The Balaban J connectivity index is 0.00000196. The first-order chi connectivity index (χ1) is 12.1. The molecular weight excluding hydrogens is 354 g/mol. The predicted molar refractivity (Wildman–Crippen MR) is 100 cm³/mol. The topological polar surface area (TPSA) is 84.7 Å². The van der Waals surface area contributed by atoms with Crippen LogP contribution in [0.4, 0.5) is 0 Å². The third-order valence-electron chi connectivity index (χ3n) is 5.72. The number of amides is 2. The van der Waals surface area contributed by atoms with E-state index in [2.05, 4.69) is 17.4 Å². The number of benzene rings is 1. The molecule has 0 spiro atoms. The van der Waals surface area contributed by atoms with E-state index >= 15 is 0 Å². The number of nitrogens with two attached hydrogens (primary N) is 1. The molecule has 0 radical (unpaired) electrons. The van der Waals surface area contributed by atoms with Crippen molar-refractivity contribution in [3.63, 3.8) is 0 Å². The van der Waals surface area contributed by atoms with E-state index in [-0.39, 0.29) is 36.3 Å². The molecule has 7 heteroatoms. The third-order valence-corrected chi connectivity index (χ3v) is 5.72. The van der Waals surface area contributed by atoms with Crippen molar-refractivity contribution in [3.05, 3.63) is 35.9 Å². The molecule has 2 aliphatic heterocycles. The van der Waals surface area contributed by atoms with Crippen molar-refractivity contribution >= 4 is 24.2 Å². The summed E-state index contributed by atoms with van der Waals surface area (Å²) in [6, 6.07) is 10.4. The lowest BCUT2D eigenvalue weighted by atomic mass is 9.90. The van der Waals surface area contributed by atoms with E-state index in [0.29, 0.717) is 44.9 Å². The van der Waals surface area contributed by atoms with E-state index in [1.165, 1.54) is 5.56 Å².